The first-order chi connectivity index (χ1) is 11.7. The van der Waals surface area contributed by atoms with Crippen LogP contribution in [0, 0.1) is 17.8 Å². The fourth-order valence-electron chi connectivity index (χ4n) is 3.78. The molecule has 1 saturated carbocycles. The number of oxime groups is 1. The molecule has 1 aliphatic carbocycles. The molecule has 1 heterocycles. The van der Waals surface area contributed by atoms with Gasteiger partial charge in [-0.3, -0.25) is 4.79 Å². The highest BCUT2D eigenvalue weighted by molar-refractivity contribution is 5.94. The third-order valence-electron chi connectivity index (χ3n) is 4.92. The minimum Gasteiger partial charge on any atom is -0.469 e. The second-order valence-corrected chi connectivity index (χ2v) is 7.74. The molecule has 0 saturated heterocycles. The van der Waals surface area contributed by atoms with E-state index in [1.807, 2.05) is 20.8 Å². The summed E-state index contributed by atoms with van der Waals surface area (Å²) in [6.07, 6.45) is 1.45. The highest BCUT2D eigenvalue weighted by Gasteiger charge is 2.55. The number of esters is 1. The van der Waals surface area contributed by atoms with Crippen LogP contribution in [0.1, 0.15) is 53.9 Å². The molecule has 1 N–H and O–H groups in total. The molecule has 0 aromatic rings. The summed E-state index contributed by atoms with van der Waals surface area (Å²) < 4.78 is 10.3. The van der Waals surface area contributed by atoms with Gasteiger partial charge in [0.2, 0.25) is 0 Å². The van der Waals surface area contributed by atoms with Crippen molar-refractivity contribution in [3.8, 4) is 0 Å². The lowest BCUT2D eigenvalue weighted by atomic mass is 9.82. The average molecular weight is 354 g/mol. The molecule has 0 aromatic carbocycles. The van der Waals surface area contributed by atoms with Gasteiger partial charge in [0.1, 0.15) is 5.60 Å². The largest absolute Gasteiger partial charge is 0.469 e. The van der Waals surface area contributed by atoms with Gasteiger partial charge in [0.25, 0.3) is 0 Å². The quantitative estimate of drug-likeness (QED) is 0.767. The summed E-state index contributed by atoms with van der Waals surface area (Å²) >= 11 is 0. The van der Waals surface area contributed by atoms with E-state index < -0.39 is 11.7 Å². The summed E-state index contributed by atoms with van der Waals surface area (Å²) in [5.41, 5.74) is 0.330. The van der Waals surface area contributed by atoms with E-state index >= 15 is 0 Å². The molecular weight excluding hydrogens is 324 g/mol. The Kier molecular flexibility index (Phi) is 5.95. The maximum Gasteiger partial charge on any atom is 0.408 e. The van der Waals surface area contributed by atoms with Crippen LogP contribution >= 0.6 is 0 Å². The monoisotopic (exact) mass is 354 g/mol. The molecule has 2 rings (SSSR count). The Morgan fingerprint density at radius 2 is 1.96 bits per heavy atom. The number of amides is 1. The molecule has 1 fully saturated rings. The molecule has 0 aromatic heterocycles. The van der Waals surface area contributed by atoms with Crippen LogP contribution in [0.4, 0.5) is 4.79 Å². The molecular formula is C18H30N2O5. The second-order valence-electron chi connectivity index (χ2n) is 7.74. The number of rotatable bonds is 5. The maximum absolute atomic E-state index is 12.3. The first-order valence-electron chi connectivity index (χ1n) is 9.02. The number of fused-ring (bicyclic) bond motifs is 1. The lowest BCUT2D eigenvalue weighted by Gasteiger charge is -2.23. The summed E-state index contributed by atoms with van der Waals surface area (Å²) in [6.45, 7) is 9.62. The SMILES string of the molecule is CCC(CC)C1=NO[C@H]2[C@@H]1[C@H](C(=O)OC)C[C@@H]2NC(=O)OC(C)(C)C. The molecule has 25 heavy (non-hydrogen) atoms. The fraction of sp³-hybridized carbons (Fsp3) is 0.833. The lowest BCUT2D eigenvalue weighted by Crippen LogP contribution is -2.44. The van der Waals surface area contributed by atoms with Crippen molar-refractivity contribution in [3.05, 3.63) is 0 Å². The molecule has 1 amide bonds. The van der Waals surface area contributed by atoms with Gasteiger partial charge in [-0.25, -0.2) is 4.79 Å². The van der Waals surface area contributed by atoms with Crippen molar-refractivity contribution in [1.82, 2.24) is 5.32 Å². The highest BCUT2D eigenvalue weighted by Crippen LogP contribution is 2.42. The smallest absolute Gasteiger partial charge is 0.408 e. The molecule has 2 aliphatic rings. The Hall–Kier alpha value is -1.79. The summed E-state index contributed by atoms with van der Waals surface area (Å²) in [5.74, 6) is -0.538. The number of hydrogen-bond donors (Lipinski definition) is 1. The summed E-state index contributed by atoms with van der Waals surface area (Å²) in [7, 11) is 1.38. The van der Waals surface area contributed by atoms with Crippen molar-refractivity contribution in [2.45, 2.75) is 71.6 Å². The van der Waals surface area contributed by atoms with E-state index in [-0.39, 0.29) is 35.9 Å². The van der Waals surface area contributed by atoms with Crippen LogP contribution in [0.2, 0.25) is 0 Å². The Bertz CT molecular complexity index is 536. The molecule has 1 aliphatic heterocycles. The molecule has 0 spiro atoms. The van der Waals surface area contributed by atoms with Gasteiger partial charge in [-0.2, -0.15) is 0 Å². The van der Waals surface area contributed by atoms with E-state index in [4.69, 9.17) is 14.3 Å². The topological polar surface area (TPSA) is 86.2 Å². The third-order valence-corrected chi connectivity index (χ3v) is 4.92. The summed E-state index contributed by atoms with van der Waals surface area (Å²) in [6, 6.07) is -0.334. The molecule has 0 unspecified atom stereocenters. The number of carbonyl (C=O) groups excluding carboxylic acids is 2. The standard InChI is InChI=1S/C18H30N2O5/c1-7-10(8-2)14-13-11(16(21)23-6)9-12(15(13)25-20-14)19-17(22)24-18(3,4)5/h10-13,15H,7-9H2,1-6H3,(H,19,22)/t11-,12+,13-,15-/m1/s1. The van der Waals surface area contributed by atoms with Crippen molar-refractivity contribution >= 4 is 17.8 Å². The first-order valence-corrected chi connectivity index (χ1v) is 9.02. The van der Waals surface area contributed by atoms with Crippen molar-refractivity contribution in [2.24, 2.45) is 22.9 Å². The van der Waals surface area contributed by atoms with Crippen molar-refractivity contribution in [3.63, 3.8) is 0 Å². The van der Waals surface area contributed by atoms with Gasteiger partial charge in [-0.15, -0.1) is 0 Å². The van der Waals surface area contributed by atoms with E-state index in [0.717, 1.165) is 18.6 Å². The Morgan fingerprint density at radius 3 is 2.48 bits per heavy atom. The van der Waals surface area contributed by atoms with Gasteiger partial charge in [0.15, 0.2) is 6.10 Å². The minimum absolute atomic E-state index is 0.155. The molecule has 7 heteroatoms. The van der Waals surface area contributed by atoms with Gasteiger partial charge >= 0.3 is 12.1 Å². The predicted molar refractivity (Wildman–Crippen MR) is 93.2 cm³/mol. The highest BCUT2D eigenvalue weighted by atomic mass is 16.6. The summed E-state index contributed by atoms with van der Waals surface area (Å²) in [4.78, 5) is 30.1. The van der Waals surface area contributed by atoms with Gasteiger partial charge in [0.05, 0.1) is 30.7 Å². The predicted octanol–water partition coefficient (Wildman–Crippen LogP) is 2.88. The van der Waals surface area contributed by atoms with Crippen LogP contribution in [0.15, 0.2) is 5.16 Å². The zero-order valence-electron chi connectivity index (χ0n) is 16.0. The van der Waals surface area contributed by atoms with Crippen LogP contribution in [-0.4, -0.2) is 42.6 Å². The van der Waals surface area contributed by atoms with Gasteiger partial charge in [-0.05, 0) is 40.0 Å². The van der Waals surface area contributed by atoms with Crippen molar-refractivity contribution in [2.75, 3.05) is 7.11 Å². The summed E-state index contributed by atoms with van der Waals surface area (Å²) in [5, 5.41) is 7.12. The van der Waals surface area contributed by atoms with E-state index in [1.165, 1.54) is 7.11 Å². The number of hydrogen-bond acceptors (Lipinski definition) is 6. The molecule has 7 nitrogen and oxygen atoms in total. The van der Waals surface area contributed by atoms with Crippen LogP contribution in [0.3, 0.4) is 0 Å². The minimum atomic E-state index is -0.586. The average Bonchev–Trinajstić information content (AvgIpc) is 3.08. The van der Waals surface area contributed by atoms with Crippen LogP contribution in [0.25, 0.3) is 0 Å². The number of methoxy groups -OCH3 is 1. The number of carbonyl (C=O) groups is 2. The van der Waals surface area contributed by atoms with E-state index in [0.29, 0.717) is 6.42 Å². The van der Waals surface area contributed by atoms with Crippen LogP contribution in [-0.2, 0) is 19.1 Å². The van der Waals surface area contributed by atoms with Gasteiger partial charge in [-0.1, -0.05) is 19.0 Å². The van der Waals surface area contributed by atoms with Crippen molar-refractivity contribution < 1.29 is 23.9 Å². The Labute approximate surface area is 149 Å². The second kappa shape index (κ2) is 7.62. The third kappa shape index (κ3) is 4.25. The lowest BCUT2D eigenvalue weighted by molar-refractivity contribution is -0.146. The van der Waals surface area contributed by atoms with E-state index in [9.17, 15) is 9.59 Å². The normalized spacial score (nSPS) is 28.2. The maximum atomic E-state index is 12.3. The molecule has 4 atom stereocenters. The molecule has 0 bridgehead atoms. The van der Waals surface area contributed by atoms with Crippen LogP contribution < -0.4 is 5.32 Å². The van der Waals surface area contributed by atoms with Gasteiger partial charge in [0, 0.05) is 5.92 Å². The van der Waals surface area contributed by atoms with Gasteiger partial charge < -0.3 is 19.6 Å². The number of ether oxygens (including phenoxy) is 2. The van der Waals surface area contributed by atoms with Crippen LogP contribution in [0.5, 0.6) is 0 Å². The fourth-order valence-corrected chi connectivity index (χ4v) is 3.78. The first kappa shape index (κ1) is 19.5. The van der Waals surface area contributed by atoms with E-state index in [1.54, 1.807) is 0 Å². The zero-order chi connectivity index (χ0) is 18.8. The number of nitrogens with one attached hydrogen (secondary N) is 1. The zero-order valence-corrected chi connectivity index (χ0v) is 16.0. The van der Waals surface area contributed by atoms with E-state index in [2.05, 4.69) is 24.3 Å². The molecule has 142 valence electrons. The molecule has 0 radical (unpaired) electrons. The van der Waals surface area contributed by atoms with Crippen molar-refractivity contribution in [1.29, 1.82) is 0 Å². The Balaban J connectivity index is 2.17. The Morgan fingerprint density at radius 1 is 1.32 bits per heavy atom. The number of nitrogens with zero attached hydrogens (tertiary/aromatic N) is 1. The number of alkyl carbamates (subject to hydrolysis) is 1.